The third-order valence-electron chi connectivity index (χ3n) is 3.69. The summed E-state index contributed by atoms with van der Waals surface area (Å²) in [6.45, 7) is 0.398. The van der Waals surface area contributed by atoms with E-state index in [2.05, 4.69) is 15.5 Å². The van der Waals surface area contributed by atoms with Crippen LogP contribution in [0.5, 0.6) is 5.75 Å². The molecule has 142 valence electrons. The molecule has 11 heteroatoms. The maximum Gasteiger partial charge on any atom is 0.288 e. The fraction of sp³-hybridized carbons (Fsp3) is 0.312. The molecule has 1 aromatic carbocycles. The van der Waals surface area contributed by atoms with Crippen molar-refractivity contribution in [2.24, 2.45) is 0 Å². The van der Waals surface area contributed by atoms with Crippen molar-refractivity contribution in [2.45, 2.75) is 5.16 Å². The van der Waals surface area contributed by atoms with Gasteiger partial charge in [0.1, 0.15) is 12.1 Å². The SMILES string of the molecule is COc1ccccc1-n1cnnc1SCC(=O)NCCN1C(=O)CSC1=O. The molecule has 0 spiro atoms. The lowest BCUT2D eigenvalue weighted by atomic mass is 10.3. The van der Waals surface area contributed by atoms with Crippen LogP contribution in [0.25, 0.3) is 5.69 Å². The van der Waals surface area contributed by atoms with E-state index in [1.807, 2.05) is 24.3 Å². The van der Waals surface area contributed by atoms with Crippen LogP contribution in [0.2, 0.25) is 0 Å². The van der Waals surface area contributed by atoms with E-state index in [0.717, 1.165) is 22.3 Å². The van der Waals surface area contributed by atoms with Crippen molar-refractivity contribution < 1.29 is 19.1 Å². The second-order valence-corrected chi connectivity index (χ2v) is 7.26. The molecule has 2 heterocycles. The number of aromatic nitrogens is 3. The van der Waals surface area contributed by atoms with Gasteiger partial charge in [0.05, 0.1) is 24.3 Å². The number of thioether (sulfide) groups is 2. The molecule has 0 saturated carbocycles. The molecule has 0 aliphatic carbocycles. The van der Waals surface area contributed by atoms with Crippen LogP contribution in [0.1, 0.15) is 0 Å². The fourth-order valence-electron chi connectivity index (χ4n) is 2.40. The van der Waals surface area contributed by atoms with Gasteiger partial charge in [-0.2, -0.15) is 0 Å². The lowest BCUT2D eigenvalue weighted by molar-refractivity contribution is -0.125. The quantitative estimate of drug-likeness (QED) is 0.650. The summed E-state index contributed by atoms with van der Waals surface area (Å²) < 4.78 is 7.09. The fourth-order valence-corrected chi connectivity index (χ4v) is 3.91. The Balaban J connectivity index is 1.52. The first-order valence-electron chi connectivity index (χ1n) is 8.00. The monoisotopic (exact) mass is 407 g/mol. The van der Waals surface area contributed by atoms with E-state index in [4.69, 9.17) is 4.74 Å². The van der Waals surface area contributed by atoms with E-state index in [9.17, 15) is 14.4 Å². The lowest BCUT2D eigenvalue weighted by Crippen LogP contribution is -2.38. The van der Waals surface area contributed by atoms with E-state index in [1.54, 1.807) is 18.0 Å². The van der Waals surface area contributed by atoms with Crippen molar-refractivity contribution in [3.05, 3.63) is 30.6 Å². The number of hydrogen-bond acceptors (Lipinski definition) is 8. The average molecular weight is 407 g/mol. The van der Waals surface area contributed by atoms with Gasteiger partial charge < -0.3 is 10.1 Å². The normalized spacial score (nSPS) is 13.9. The Morgan fingerprint density at radius 1 is 1.37 bits per heavy atom. The third-order valence-corrected chi connectivity index (χ3v) is 5.49. The molecule has 0 radical (unpaired) electrons. The van der Waals surface area contributed by atoms with Crippen molar-refractivity contribution in [2.75, 3.05) is 31.7 Å². The molecule has 1 N–H and O–H groups in total. The summed E-state index contributed by atoms with van der Waals surface area (Å²) in [5, 5.41) is 10.9. The van der Waals surface area contributed by atoms with Gasteiger partial charge in [-0.1, -0.05) is 35.7 Å². The zero-order valence-corrected chi connectivity index (χ0v) is 16.1. The van der Waals surface area contributed by atoms with Crippen LogP contribution in [0.15, 0.2) is 35.7 Å². The highest BCUT2D eigenvalue weighted by Gasteiger charge is 2.29. The number of methoxy groups -OCH3 is 1. The Morgan fingerprint density at radius 2 is 2.19 bits per heavy atom. The maximum absolute atomic E-state index is 12.0. The molecule has 2 aromatic rings. The number of nitrogens with zero attached hydrogens (tertiary/aromatic N) is 4. The molecule has 27 heavy (non-hydrogen) atoms. The van der Waals surface area contributed by atoms with E-state index in [-0.39, 0.29) is 41.6 Å². The number of ether oxygens (including phenoxy) is 1. The van der Waals surface area contributed by atoms with Gasteiger partial charge in [0.15, 0.2) is 5.16 Å². The number of amides is 3. The minimum atomic E-state index is -0.270. The summed E-state index contributed by atoms with van der Waals surface area (Å²) in [7, 11) is 1.58. The summed E-state index contributed by atoms with van der Waals surface area (Å²) in [5.41, 5.74) is 0.775. The Morgan fingerprint density at radius 3 is 2.93 bits per heavy atom. The van der Waals surface area contributed by atoms with Crippen molar-refractivity contribution in [3.63, 3.8) is 0 Å². The molecule has 0 bridgehead atoms. The predicted octanol–water partition coefficient (Wildman–Crippen LogP) is 1.18. The van der Waals surface area contributed by atoms with Gasteiger partial charge in [-0.25, -0.2) is 0 Å². The van der Waals surface area contributed by atoms with Crippen molar-refractivity contribution in [3.8, 4) is 11.4 Å². The summed E-state index contributed by atoms with van der Waals surface area (Å²) in [5.74, 6) is 0.521. The first-order valence-corrected chi connectivity index (χ1v) is 9.97. The summed E-state index contributed by atoms with van der Waals surface area (Å²) in [6.07, 6.45) is 1.56. The number of imide groups is 1. The van der Waals surface area contributed by atoms with Crippen molar-refractivity contribution >= 4 is 40.6 Å². The zero-order chi connectivity index (χ0) is 19.2. The smallest absolute Gasteiger partial charge is 0.288 e. The van der Waals surface area contributed by atoms with Crippen LogP contribution in [0.3, 0.4) is 0 Å². The lowest BCUT2D eigenvalue weighted by Gasteiger charge is -2.13. The highest BCUT2D eigenvalue weighted by atomic mass is 32.2. The molecule has 1 fully saturated rings. The van der Waals surface area contributed by atoms with Gasteiger partial charge >= 0.3 is 0 Å². The van der Waals surface area contributed by atoms with Crippen LogP contribution in [-0.4, -0.2) is 68.4 Å². The minimum Gasteiger partial charge on any atom is -0.495 e. The zero-order valence-electron chi connectivity index (χ0n) is 14.5. The minimum absolute atomic E-state index is 0.129. The number of para-hydroxylation sites is 2. The van der Waals surface area contributed by atoms with Gasteiger partial charge in [-0.3, -0.25) is 23.9 Å². The molecule has 1 aromatic heterocycles. The number of rotatable bonds is 8. The van der Waals surface area contributed by atoms with Gasteiger partial charge in [-0.15, -0.1) is 10.2 Å². The molecular formula is C16H17N5O4S2. The average Bonchev–Trinajstić information content (AvgIpc) is 3.27. The topological polar surface area (TPSA) is 106 Å². The molecule has 3 amide bonds. The molecule has 3 rings (SSSR count). The summed E-state index contributed by atoms with van der Waals surface area (Å²) in [6, 6.07) is 7.43. The second kappa shape index (κ2) is 8.91. The van der Waals surface area contributed by atoms with Crippen LogP contribution < -0.4 is 10.1 Å². The number of benzene rings is 1. The number of nitrogens with one attached hydrogen (secondary N) is 1. The molecule has 1 aliphatic heterocycles. The second-order valence-electron chi connectivity index (χ2n) is 5.39. The number of carbonyl (C=O) groups excluding carboxylic acids is 3. The molecule has 1 aliphatic rings. The van der Waals surface area contributed by atoms with Crippen molar-refractivity contribution in [1.82, 2.24) is 25.0 Å². The van der Waals surface area contributed by atoms with E-state index >= 15 is 0 Å². The van der Waals surface area contributed by atoms with Crippen LogP contribution in [-0.2, 0) is 9.59 Å². The highest BCUT2D eigenvalue weighted by molar-refractivity contribution is 8.14. The number of carbonyl (C=O) groups is 3. The van der Waals surface area contributed by atoms with E-state index < -0.39 is 0 Å². The van der Waals surface area contributed by atoms with Gasteiger partial charge in [0.2, 0.25) is 11.8 Å². The Bertz CT molecular complexity index is 841. The van der Waals surface area contributed by atoms with Gasteiger partial charge in [0.25, 0.3) is 5.24 Å². The first-order chi connectivity index (χ1) is 13.1. The molecule has 1 saturated heterocycles. The Kier molecular flexibility index (Phi) is 6.35. The first kappa shape index (κ1) is 19.2. The molecule has 0 atom stereocenters. The predicted molar refractivity (Wildman–Crippen MR) is 101 cm³/mol. The molecule has 0 unspecified atom stereocenters. The van der Waals surface area contributed by atoms with Crippen molar-refractivity contribution in [1.29, 1.82) is 0 Å². The maximum atomic E-state index is 12.0. The third kappa shape index (κ3) is 4.61. The Labute approximate surface area is 163 Å². The standard InChI is InChI=1S/C16H17N5O4S2/c1-25-12-5-3-2-4-11(12)21-10-18-19-15(21)26-8-13(22)17-6-7-20-14(23)9-27-16(20)24/h2-5,10H,6-9H2,1H3,(H,17,22). The van der Waals surface area contributed by atoms with E-state index in [1.165, 1.54) is 11.8 Å². The van der Waals surface area contributed by atoms with Gasteiger partial charge in [0, 0.05) is 13.1 Å². The van der Waals surface area contributed by atoms with Crippen LogP contribution in [0.4, 0.5) is 4.79 Å². The highest BCUT2D eigenvalue weighted by Crippen LogP contribution is 2.26. The Hall–Kier alpha value is -2.53. The van der Waals surface area contributed by atoms with Gasteiger partial charge in [-0.05, 0) is 12.1 Å². The molecule has 9 nitrogen and oxygen atoms in total. The summed E-state index contributed by atoms with van der Waals surface area (Å²) >= 11 is 2.21. The van der Waals surface area contributed by atoms with E-state index in [0.29, 0.717) is 10.9 Å². The largest absolute Gasteiger partial charge is 0.495 e. The molecular weight excluding hydrogens is 390 g/mol. The van der Waals surface area contributed by atoms with Crippen LogP contribution >= 0.6 is 23.5 Å². The number of hydrogen-bond donors (Lipinski definition) is 1. The summed E-state index contributed by atoms with van der Waals surface area (Å²) in [4.78, 5) is 36.2. The van der Waals surface area contributed by atoms with Crippen LogP contribution in [0, 0.1) is 0 Å².